The lowest BCUT2D eigenvalue weighted by molar-refractivity contribution is 0.122. The molecular weight excluding hydrogens is 454 g/mol. The van der Waals surface area contributed by atoms with Crippen LogP contribution in [0.4, 0.5) is 23.5 Å². The fourth-order valence-corrected chi connectivity index (χ4v) is 3.80. The maximum absolute atomic E-state index is 9.99. The number of hydrazone groups is 1. The van der Waals surface area contributed by atoms with Crippen molar-refractivity contribution in [3.05, 3.63) is 71.2 Å². The van der Waals surface area contributed by atoms with Crippen molar-refractivity contribution in [3.63, 3.8) is 0 Å². The van der Waals surface area contributed by atoms with E-state index in [-0.39, 0.29) is 11.7 Å². The minimum atomic E-state index is 0.0675. The minimum Gasteiger partial charge on any atom is -0.507 e. The molecule has 0 aliphatic carbocycles. The number of aromatic hydroxyl groups is 1. The molecule has 4 aromatic rings. The molecule has 34 heavy (non-hydrogen) atoms. The topological polar surface area (TPSA) is 108 Å². The first-order valence-corrected chi connectivity index (χ1v) is 11.1. The second kappa shape index (κ2) is 9.90. The van der Waals surface area contributed by atoms with Crippen molar-refractivity contribution in [1.82, 2.24) is 15.0 Å². The van der Waals surface area contributed by atoms with Gasteiger partial charge < -0.3 is 20.1 Å². The molecule has 10 heteroatoms. The van der Waals surface area contributed by atoms with E-state index >= 15 is 0 Å². The van der Waals surface area contributed by atoms with Gasteiger partial charge in [0.25, 0.3) is 0 Å². The molecule has 3 N–H and O–H groups in total. The standard InChI is InChI=1S/C24H22ClN7O2/c25-18-8-9-21(33)17(14-18)15-26-31-23-28-22(29-24(30-23)32-10-12-34-13-11-32)27-20-7-3-5-16-4-1-2-6-19(16)20/h1-9,14-15,33H,10-13H2,(H2,27,28,29,30,31)/b26-15-. The molecule has 5 rings (SSSR count). The molecule has 1 aliphatic heterocycles. The Kier molecular flexibility index (Phi) is 6.37. The highest BCUT2D eigenvalue weighted by Gasteiger charge is 2.17. The molecule has 0 spiro atoms. The van der Waals surface area contributed by atoms with Crippen LogP contribution in [0.2, 0.25) is 5.02 Å². The van der Waals surface area contributed by atoms with E-state index in [1.807, 2.05) is 35.2 Å². The van der Waals surface area contributed by atoms with Crippen molar-refractivity contribution in [2.45, 2.75) is 0 Å². The van der Waals surface area contributed by atoms with E-state index in [9.17, 15) is 5.11 Å². The summed E-state index contributed by atoms with van der Waals surface area (Å²) in [7, 11) is 0. The number of anilines is 4. The average molecular weight is 476 g/mol. The molecule has 0 amide bonds. The lowest BCUT2D eigenvalue weighted by Gasteiger charge is -2.27. The first kappa shape index (κ1) is 21.9. The highest BCUT2D eigenvalue weighted by atomic mass is 35.5. The van der Waals surface area contributed by atoms with Crippen molar-refractivity contribution in [3.8, 4) is 5.75 Å². The van der Waals surface area contributed by atoms with Crippen molar-refractivity contribution < 1.29 is 9.84 Å². The van der Waals surface area contributed by atoms with Crippen LogP contribution in [0.15, 0.2) is 65.8 Å². The molecular formula is C24H22ClN7O2. The SMILES string of the molecule is Oc1ccc(Cl)cc1/C=N\Nc1nc(Nc2cccc3ccccc23)nc(N2CCOCC2)n1. The van der Waals surface area contributed by atoms with E-state index in [4.69, 9.17) is 16.3 Å². The molecule has 1 aromatic heterocycles. The number of halogens is 1. The number of nitrogens with one attached hydrogen (secondary N) is 2. The van der Waals surface area contributed by atoms with Gasteiger partial charge in [-0.05, 0) is 29.7 Å². The van der Waals surface area contributed by atoms with E-state index in [1.165, 1.54) is 12.3 Å². The van der Waals surface area contributed by atoms with Gasteiger partial charge in [0.2, 0.25) is 17.8 Å². The van der Waals surface area contributed by atoms with Crippen LogP contribution in [0.3, 0.4) is 0 Å². The average Bonchev–Trinajstić information content (AvgIpc) is 2.87. The molecule has 2 heterocycles. The van der Waals surface area contributed by atoms with Crippen LogP contribution in [0.5, 0.6) is 5.75 Å². The Morgan fingerprint density at radius 3 is 2.65 bits per heavy atom. The summed E-state index contributed by atoms with van der Waals surface area (Å²) >= 11 is 6.01. The van der Waals surface area contributed by atoms with E-state index in [1.54, 1.807) is 12.1 Å². The van der Waals surface area contributed by atoms with Crippen LogP contribution in [0.25, 0.3) is 10.8 Å². The first-order chi connectivity index (χ1) is 16.7. The molecule has 9 nitrogen and oxygen atoms in total. The van der Waals surface area contributed by atoms with E-state index < -0.39 is 0 Å². The number of phenolic OH excluding ortho intramolecular Hbond substituents is 1. The number of nitrogens with zero attached hydrogens (tertiary/aromatic N) is 5. The number of fused-ring (bicyclic) bond motifs is 1. The van der Waals surface area contributed by atoms with Gasteiger partial charge in [0.05, 0.1) is 19.4 Å². The summed E-state index contributed by atoms with van der Waals surface area (Å²) < 4.78 is 5.46. The van der Waals surface area contributed by atoms with Crippen LogP contribution >= 0.6 is 11.6 Å². The van der Waals surface area contributed by atoms with E-state index in [0.717, 1.165) is 16.5 Å². The zero-order chi connectivity index (χ0) is 23.3. The molecule has 1 saturated heterocycles. The number of morpholine rings is 1. The van der Waals surface area contributed by atoms with Gasteiger partial charge in [-0.25, -0.2) is 5.43 Å². The zero-order valence-electron chi connectivity index (χ0n) is 18.1. The number of rotatable bonds is 6. The van der Waals surface area contributed by atoms with Crippen molar-refractivity contribution >= 4 is 52.1 Å². The number of aromatic nitrogens is 3. The summed E-state index contributed by atoms with van der Waals surface area (Å²) in [5.74, 6) is 1.23. The van der Waals surface area contributed by atoms with Crippen LogP contribution in [0, 0.1) is 0 Å². The summed E-state index contributed by atoms with van der Waals surface area (Å²) in [6, 6.07) is 18.8. The summed E-state index contributed by atoms with van der Waals surface area (Å²) in [5.41, 5.74) is 4.19. The third kappa shape index (κ3) is 5.00. The van der Waals surface area contributed by atoms with Crippen LogP contribution in [-0.4, -0.2) is 52.6 Å². The summed E-state index contributed by atoms with van der Waals surface area (Å²) in [4.78, 5) is 15.7. The van der Waals surface area contributed by atoms with Gasteiger partial charge in [0.15, 0.2) is 0 Å². The highest BCUT2D eigenvalue weighted by Crippen LogP contribution is 2.26. The third-order valence-electron chi connectivity index (χ3n) is 5.31. The minimum absolute atomic E-state index is 0.0675. The number of phenols is 1. The van der Waals surface area contributed by atoms with Gasteiger partial charge in [-0.1, -0.05) is 48.0 Å². The smallest absolute Gasteiger partial charge is 0.250 e. The Bertz CT molecular complexity index is 1340. The van der Waals surface area contributed by atoms with E-state index in [2.05, 4.69) is 42.9 Å². The molecule has 0 bridgehead atoms. The predicted molar refractivity (Wildman–Crippen MR) is 134 cm³/mol. The maximum Gasteiger partial charge on any atom is 0.250 e. The second-order valence-corrected chi connectivity index (χ2v) is 8.04. The number of hydrogen-bond acceptors (Lipinski definition) is 9. The zero-order valence-corrected chi connectivity index (χ0v) is 18.9. The van der Waals surface area contributed by atoms with Crippen LogP contribution in [-0.2, 0) is 4.74 Å². The monoisotopic (exact) mass is 475 g/mol. The van der Waals surface area contributed by atoms with Crippen molar-refractivity contribution in [2.75, 3.05) is 41.9 Å². The Balaban J connectivity index is 1.45. The number of ether oxygens (including phenoxy) is 1. The normalized spacial score (nSPS) is 14.0. The molecule has 0 atom stereocenters. The predicted octanol–water partition coefficient (Wildman–Crippen LogP) is 4.41. The first-order valence-electron chi connectivity index (χ1n) is 10.8. The lowest BCUT2D eigenvalue weighted by atomic mass is 10.1. The van der Waals surface area contributed by atoms with E-state index in [0.29, 0.717) is 48.8 Å². The van der Waals surface area contributed by atoms with Crippen molar-refractivity contribution in [2.24, 2.45) is 5.10 Å². The lowest BCUT2D eigenvalue weighted by Crippen LogP contribution is -2.37. The molecule has 0 saturated carbocycles. The maximum atomic E-state index is 9.99. The molecule has 1 fully saturated rings. The molecule has 0 unspecified atom stereocenters. The quantitative estimate of drug-likeness (QED) is 0.278. The Hall–Kier alpha value is -3.95. The molecule has 172 valence electrons. The Morgan fingerprint density at radius 1 is 0.971 bits per heavy atom. The largest absolute Gasteiger partial charge is 0.507 e. The van der Waals surface area contributed by atoms with Gasteiger partial charge >= 0.3 is 0 Å². The van der Waals surface area contributed by atoms with Crippen molar-refractivity contribution in [1.29, 1.82) is 0 Å². The highest BCUT2D eigenvalue weighted by molar-refractivity contribution is 6.30. The fraction of sp³-hybridized carbons (Fsp3) is 0.167. The Labute approximate surface area is 201 Å². The van der Waals surface area contributed by atoms with Gasteiger partial charge in [0, 0.05) is 34.7 Å². The van der Waals surface area contributed by atoms with Crippen LogP contribution < -0.4 is 15.6 Å². The van der Waals surface area contributed by atoms with Crippen LogP contribution in [0.1, 0.15) is 5.56 Å². The molecule has 3 aromatic carbocycles. The molecule has 1 aliphatic rings. The number of hydrogen-bond donors (Lipinski definition) is 3. The fourth-order valence-electron chi connectivity index (χ4n) is 3.62. The van der Waals surface area contributed by atoms with Gasteiger partial charge in [0.1, 0.15) is 5.75 Å². The van der Waals surface area contributed by atoms with Gasteiger partial charge in [-0.3, -0.25) is 0 Å². The Morgan fingerprint density at radius 2 is 1.76 bits per heavy atom. The third-order valence-corrected chi connectivity index (χ3v) is 5.55. The van der Waals surface area contributed by atoms with Gasteiger partial charge in [-0.15, -0.1) is 0 Å². The summed E-state index contributed by atoms with van der Waals surface area (Å²) in [6.45, 7) is 2.56. The summed E-state index contributed by atoms with van der Waals surface area (Å²) in [6.07, 6.45) is 1.46. The number of benzene rings is 3. The summed E-state index contributed by atoms with van der Waals surface area (Å²) in [5, 5.41) is 20.2. The molecule has 0 radical (unpaired) electrons. The second-order valence-electron chi connectivity index (χ2n) is 7.61. The van der Waals surface area contributed by atoms with Gasteiger partial charge in [-0.2, -0.15) is 20.1 Å².